The summed E-state index contributed by atoms with van der Waals surface area (Å²) in [5.41, 5.74) is 3.51. The molecule has 0 aliphatic carbocycles. The van der Waals surface area contributed by atoms with Crippen LogP contribution in [0.15, 0.2) is 30.4 Å². The van der Waals surface area contributed by atoms with Crippen LogP contribution in [0.4, 0.5) is 0 Å². The SMILES string of the molecule is Cc1cc(C)cc(C[C@H](O)/C=C/[C@H]2CCC(=O)N2CCCCCCC(=O)O)c1. The second-order valence-electron chi connectivity index (χ2n) is 7.90. The second-order valence-corrected chi connectivity index (χ2v) is 7.90. The maximum Gasteiger partial charge on any atom is 0.303 e. The van der Waals surface area contributed by atoms with Gasteiger partial charge in [0.2, 0.25) is 5.91 Å². The van der Waals surface area contributed by atoms with Crippen LogP contribution in [0.5, 0.6) is 0 Å². The molecule has 2 rings (SSSR count). The number of carboxylic acids is 1. The van der Waals surface area contributed by atoms with Crippen molar-refractivity contribution in [2.75, 3.05) is 6.54 Å². The van der Waals surface area contributed by atoms with Crippen LogP contribution in [-0.2, 0) is 16.0 Å². The van der Waals surface area contributed by atoms with Gasteiger partial charge in [-0.25, -0.2) is 0 Å². The first-order chi connectivity index (χ1) is 13.3. The lowest BCUT2D eigenvalue weighted by atomic mass is 10.0. The van der Waals surface area contributed by atoms with Gasteiger partial charge in [-0.15, -0.1) is 0 Å². The highest BCUT2D eigenvalue weighted by Crippen LogP contribution is 2.21. The van der Waals surface area contributed by atoms with Crippen LogP contribution >= 0.6 is 0 Å². The molecule has 154 valence electrons. The van der Waals surface area contributed by atoms with Gasteiger partial charge in [-0.1, -0.05) is 54.3 Å². The van der Waals surface area contributed by atoms with Gasteiger partial charge in [-0.2, -0.15) is 0 Å². The van der Waals surface area contributed by atoms with E-state index in [2.05, 4.69) is 32.0 Å². The molecule has 1 amide bonds. The van der Waals surface area contributed by atoms with Gasteiger partial charge in [0, 0.05) is 25.8 Å². The van der Waals surface area contributed by atoms with Crippen LogP contribution in [0, 0.1) is 13.8 Å². The summed E-state index contributed by atoms with van der Waals surface area (Å²) in [5, 5.41) is 19.0. The molecule has 0 radical (unpaired) electrons. The Morgan fingerprint density at radius 2 is 1.86 bits per heavy atom. The lowest BCUT2D eigenvalue weighted by molar-refractivity contribution is -0.137. The van der Waals surface area contributed by atoms with E-state index in [1.807, 2.05) is 17.1 Å². The molecule has 28 heavy (non-hydrogen) atoms. The molecule has 5 nitrogen and oxygen atoms in total. The number of carbonyl (C=O) groups excluding carboxylic acids is 1. The molecule has 1 aromatic rings. The van der Waals surface area contributed by atoms with Crippen molar-refractivity contribution in [2.45, 2.75) is 77.4 Å². The number of unbranched alkanes of at least 4 members (excludes halogenated alkanes) is 3. The second kappa shape index (κ2) is 11.0. The molecule has 0 unspecified atom stereocenters. The highest BCUT2D eigenvalue weighted by atomic mass is 16.4. The Bertz CT molecular complexity index is 678. The van der Waals surface area contributed by atoms with E-state index in [0.29, 0.717) is 25.8 Å². The van der Waals surface area contributed by atoms with E-state index in [-0.39, 0.29) is 18.4 Å². The number of hydrogen-bond acceptors (Lipinski definition) is 3. The summed E-state index contributed by atoms with van der Waals surface area (Å²) in [5.74, 6) is -0.580. The van der Waals surface area contributed by atoms with Gasteiger partial charge in [0.05, 0.1) is 12.1 Å². The van der Waals surface area contributed by atoms with Crippen molar-refractivity contribution in [1.82, 2.24) is 4.90 Å². The Morgan fingerprint density at radius 3 is 2.54 bits per heavy atom. The van der Waals surface area contributed by atoms with E-state index >= 15 is 0 Å². The third-order valence-corrected chi connectivity index (χ3v) is 5.20. The van der Waals surface area contributed by atoms with Crippen LogP contribution in [0.1, 0.15) is 61.6 Å². The number of amides is 1. The molecule has 2 atom stereocenters. The number of likely N-dealkylation sites (tertiary alicyclic amines) is 1. The van der Waals surface area contributed by atoms with E-state index in [0.717, 1.165) is 31.2 Å². The van der Waals surface area contributed by atoms with Crippen LogP contribution in [-0.4, -0.2) is 45.7 Å². The first-order valence-electron chi connectivity index (χ1n) is 10.3. The number of aryl methyl sites for hydroxylation is 2. The first kappa shape index (κ1) is 22.2. The molecular formula is C23H33NO4. The highest BCUT2D eigenvalue weighted by molar-refractivity contribution is 5.79. The zero-order chi connectivity index (χ0) is 20.5. The highest BCUT2D eigenvalue weighted by Gasteiger charge is 2.28. The zero-order valence-corrected chi connectivity index (χ0v) is 17.1. The summed E-state index contributed by atoms with van der Waals surface area (Å²) in [6.45, 7) is 4.82. The van der Waals surface area contributed by atoms with Gasteiger partial charge in [-0.05, 0) is 38.7 Å². The van der Waals surface area contributed by atoms with Crippen LogP contribution < -0.4 is 0 Å². The normalized spacial score (nSPS) is 18.2. The Labute approximate surface area is 168 Å². The Kier molecular flexibility index (Phi) is 8.71. The molecule has 0 bridgehead atoms. The van der Waals surface area contributed by atoms with Crippen molar-refractivity contribution in [3.63, 3.8) is 0 Å². The Balaban J connectivity index is 1.80. The predicted molar refractivity (Wildman–Crippen MR) is 110 cm³/mol. The fourth-order valence-electron chi connectivity index (χ4n) is 3.91. The van der Waals surface area contributed by atoms with E-state index in [1.54, 1.807) is 0 Å². The molecule has 5 heteroatoms. The van der Waals surface area contributed by atoms with Crippen LogP contribution in [0.25, 0.3) is 0 Å². The molecule has 1 aromatic carbocycles. The van der Waals surface area contributed by atoms with Gasteiger partial charge >= 0.3 is 5.97 Å². The molecule has 0 aromatic heterocycles. The summed E-state index contributed by atoms with van der Waals surface area (Å²) in [6, 6.07) is 6.37. The van der Waals surface area contributed by atoms with Gasteiger partial charge in [0.15, 0.2) is 0 Å². The average molecular weight is 388 g/mol. The fourth-order valence-corrected chi connectivity index (χ4v) is 3.91. The number of nitrogens with zero attached hydrogens (tertiary/aromatic N) is 1. The largest absolute Gasteiger partial charge is 0.481 e. The molecule has 0 saturated carbocycles. The number of rotatable bonds is 11. The maximum absolute atomic E-state index is 12.2. The number of aliphatic hydroxyl groups is 1. The smallest absolute Gasteiger partial charge is 0.303 e. The molecule has 1 fully saturated rings. The van der Waals surface area contributed by atoms with Crippen LogP contribution in [0.2, 0.25) is 0 Å². The number of aliphatic carboxylic acids is 1. The number of carbonyl (C=O) groups is 2. The molecule has 1 aliphatic rings. The third-order valence-electron chi connectivity index (χ3n) is 5.20. The van der Waals surface area contributed by atoms with Gasteiger partial charge in [-0.3, -0.25) is 9.59 Å². The monoisotopic (exact) mass is 387 g/mol. The summed E-state index contributed by atoms with van der Waals surface area (Å²) in [6.07, 6.45) is 8.77. The van der Waals surface area contributed by atoms with Crippen molar-refractivity contribution in [3.05, 3.63) is 47.0 Å². The number of carboxylic acid groups (broad SMARTS) is 1. The minimum atomic E-state index is -0.751. The van der Waals surface area contributed by atoms with Crippen molar-refractivity contribution in [3.8, 4) is 0 Å². The van der Waals surface area contributed by atoms with Crippen molar-refractivity contribution < 1.29 is 19.8 Å². The first-order valence-corrected chi connectivity index (χ1v) is 10.3. The average Bonchev–Trinajstić information content (AvgIpc) is 2.95. The Morgan fingerprint density at radius 1 is 1.18 bits per heavy atom. The molecule has 1 aliphatic heterocycles. The molecule has 0 spiro atoms. The van der Waals surface area contributed by atoms with Gasteiger partial charge in [0.1, 0.15) is 0 Å². The van der Waals surface area contributed by atoms with Gasteiger partial charge in [0.25, 0.3) is 0 Å². The lowest BCUT2D eigenvalue weighted by Crippen LogP contribution is -2.32. The van der Waals surface area contributed by atoms with Crippen molar-refractivity contribution >= 4 is 11.9 Å². The van der Waals surface area contributed by atoms with E-state index in [1.165, 1.54) is 11.1 Å². The van der Waals surface area contributed by atoms with Crippen molar-refractivity contribution in [1.29, 1.82) is 0 Å². The predicted octanol–water partition coefficient (Wildman–Crippen LogP) is 3.79. The third kappa shape index (κ3) is 7.47. The van der Waals surface area contributed by atoms with E-state index in [9.17, 15) is 14.7 Å². The van der Waals surface area contributed by atoms with E-state index < -0.39 is 12.1 Å². The summed E-state index contributed by atoms with van der Waals surface area (Å²) >= 11 is 0. The fraction of sp³-hybridized carbons (Fsp3) is 0.565. The zero-order valence-electron chi connectivity index (χ0n) is 17.1. The molecule has 1 saturated heterocycles. The molecule has 1 heterocycles. The standard InChI is InChI=1S/C23H33NO4/c1-17-13-18(2)15-19(14-17)16-21(25)10-8-20-9-11-22(26)24(20)12-6-4-3-5-7-23(27)28/h8,10,13-15,20-21,25H,3-7,9,11-12,16H2,1-2H3,(H,27,28)/b10-8+/t20-,21+/m0/s1. The number of aliphatic hydroxyl groups excluding tert-OH is 1. The van der Waals surface area contributed by atoms with Crippen LogP contribution in [0.3, 0.4) is 0 Å². The lowest BCUT2D eigenvalue weighted by Gasteiger charge is -2.22. The summed E-state index contributed by atoms with van der Waals surface area (Å²) < 4.78 is 0. The topological polar surface area (TPSA) is 77.8 Å². The summed E-state index contributed by atoms with van der Waals surface area (Å²) in [4.78, 5) is 24.6. The van der Waals surface area contributed by atoms with Gasteiger partial charge < -0.3 is 15.1 Å². The molecule has 2 N–H and O–H groups in total. The number of hydrogen-bond donors (Lipinski definition) is 2. The Hall–Kier alpha value is -2.14. The van der Waals surface area contributed by atoms with Crippen molar-refractivity contribution in [2.24, 2.45) is 0 Å². The maximum atomic E-state index is 12.2. The minimum absolute atomic E-state index is 0.0559. The summed E-state index contributed by atoms with van der Waals surface area (Å²) in [7, 11) is 0. The molecular weight excluding hydrogens is 354 g/mol. The van der Waals surface area contributed by atoms with E-state index in [4.69, 9.17) is 5.11 Å². The quantitative estimate of drug-likeness (QED) is 0.447. The number of benzene rings is 1. The minimum Gasteiger partial charge on any atom is -0.481 e.